The maximum absolute atomic E-state index is 6.12. The van der Waals surface area contributed by atoms with E-state index in [1.54, 1.807) is 6.92 Å². The first-order chi connectivity index (χ1) is 10.2. The minimum Gasteiger partial charge on any atom is -0.357 e. The second-order valence-electron chi connectivity index (χ2n) is 4.37. The SMILES string of the molecule is CCNC(=NCc1ccccc1Cl)NCc1noc(C)n1. The molecule has 0 unspecified atom stereocenters. The lowest BCUT2D eigenvalue weighted by atomic mass is 10.2. The van der Waals surface area contributed by atoms with Crippen molar-refractivity contribution in [1.82, 2.24) is 20.8 Å². The van der Waals surface area contributed by atoms with E-state index >= 15 is 0 Å². The zero-order chi connectivity index (χ0) is 15.1. The zero-order valence-electron chi connectivity index (χ0n) is 12.1. The van der Waals surface area contributed by atoms with Crippen LogP contribution < -0.4 is 10.6 Å². The Balaban J connectivity index is 1.97. The number of nitrogens with one attached hydrogen (secondary N) is 2. The van der Waals surface area contributed by atoms with E-state index in [-0.39, 0.29) is 0 Å². The summed E-state index contributed by atoms with van der Waals surface area (Å²) < 4.78 is 4.92. The largest absolute Gasteiger partial charge is 0.357 e. The molecule has 6 nitrogen and oxygen atoms in total. The Kier molecular flexibility index (Phi) is 5.57. The van der Waals surface area contributed by atoms with Gasteiger partial charge in [0, 0.05) is 18.5 Å². The third-order valence-electron chi connectivity index (χ3n) is 2.69. The minimum absolute atomic E-state index is 0.450. The molecule has 0 radical (unpaired) electrons. The average molecular weight is 308 g/mol. The van der Waals surface area contributed by atoms with Gasteiger partial charge in [-0.15, -0.1) is 0 Å². The van der Waals surface area contributed by atoms with Crippen LogP contribution in [0.3, 0.4) is 0 Å². The molecule has 1 aromatic carbocycles. The topological polar surface area (TPSA) is 75.3 Å². The molecule has 0 aliphatic rings. The maximum atomic E-state index is 6.12. The van der Waals surface area contributed by atoms with E-state index in [9.17, 15) is 0 Å². The summed E-state index contributed by atoms with van der Waals surface area (Å²) in [6.45, 7) is 5.48. The van der Waals surface area contributed by atoms with Gasteiger partial charge in [-0.1, -0.05) is 35.0 Å². The molecule has 7 heteroatoms. The summed E-state index contributed by atoms with van der Waals surface area (Å²) in [6, 6.07) is 7.66. The second kappa shape index (κ2) is 7.64. The molecule has 0 saturated carbocycles. The summed E-state index contributed by atoms with van der Waals surface area (Å²) in [7, 11) is 0. The van der Waals surface area contributed by atoms with Crippen molar-refractivity contribution in [3.63, 3.8) is 0 Å². The Morgan fingerprint density at radius 2 is 2.14 bits per heavy atom. The predicted octanol–water partition coefficient (Wildman–Crippen LogP) is 2.29. The van der Waals surface area contributed by atoms with Gasteiger partial charge in [0.1, 0.15) is 0 Å². The number of rotatable bonds is 5. The van der Waals surface area contributed by atoms with Gasteiger partial charge >= 0.3 is 0 Å². The Labute approximate surface area is 128 Å². The number of halogens is 1. The highest BCUT2D eigenvalue weighted by Crippen LogP contribution is 2.15. The van der Waals surface area contributed by atoms with Crippen molar-refractivity contribution in [2.45, 2.75) is 26.9 Å². The summed E-state index contributed by atoms with van der Waals surface area (Å²) in [5.41, 5.74) is 0.978. The second-order valence-corrected chi connectivity index (χ2v) is 4.78. The van der Waals surface area contributed by atoms with E-state index in [0.717, 1.165) is 12.1 Å². The molecular formula is C14H18ClN5O. The van der Waals surface area contributed by atoms with Crippen LogP contribution in [0.5, 0.6) is 0 Å². The molecule has 0 aliphatic carbocycles. The highest BCUT2D eigenvalue weighted by molar-refractivity contribution is 6.31. The van der Waals surface area contributed by atoms with Crippen molar-refractivity contribution >= 4 is 17.6 Å². The number of hydrogen-bond acceptors (Lipinski definition) is 4. The monoisotopic (exact) mass is 307 g/mol. The molecule has 0 atom stereocenters. The number of nitrogens with zero attached hydrogens (tertiary/aromatic N) is 3. The highest BCUT2D eigenvalue weighted by atomic mass is 35.5. The van der Waals surface area contributed by atoms with E-state index in [1.807, 2.05) is 31.2 Å². The summed E-state index contributed by atoms with van der Waals surface area (Å²) >= 11 is 6.12. The number of aryl methyl sites for hydroxylation is 1. The lowest BCUT2D eigenvalue weighted by Crippen LogP contribution is -2.37. The first-order valence-electron chi connectivity index (χ1n) is 6.74. The molecule has 0 saturated heterocycles. The van der Waals surface area contributed by atoms with Crippen molar-refractivity contribution < 1.29 is 4.52 Å². The van der Waals surface area contributed by atoms with E-state index in [4.69, 9.17) is 16.1 Å². The van der Waals surface area contributed by atoms with E-state index < -0.39 is 0 Å². The van der Waals surface area contributed by atoms with Gasteiger partial charge in [-0.05, 0) is 18.6 Å². The number of aromatic nitrogens is 2. The van der Waals surface area contributed by atoms with Crippen LogP contribution in [0.4, 0.5) is 0 Å². The fourth-order valence-corrected chi connectivity index (χ4v) is 1.90. The molecule has 0 amide bonds. The van der Waals surface area contributed by atoms with Gasteiger partial charge in [0.25, 0.3) is 0 Å². The molecule has 2 rings (SSSR count). The summed E-state index contributed by atoms with van der Waals surface area (Å²) in [5.74, 6) is 1.82. The smallest absolute Gasteiger partial charge is 0.223 e. The van der Waals surface area contributed by atoms with Crippen molar-refractivity contribution in [2.24, 2.45) is 4.99 Å². The Morgan fingerprint density at radius 1 is 1.33 bits per heavy atom. The molecule has 21 heavy (non-hydrogen) atoms. The third-order valence-corrected chi connectivity index (χ3v) is 3.06. The molecular weight excluding hydrogens is 290 g/mol. The van der Waals surface area contributed by atoms with Crippen molar-refractivity contribution in [2.75, 3.05) is 6.54 Å². The first-order valence-corrected chi connectivity index (χ1v) is 7.11. The van der Waals surface area contributed by atoms with Crippen LogP contribution in [0.15, 0.2) is 33.8 Å². The van der Waals surface area contributed by atoms with Gasteiger partial charge in [0.2, 0.25) is 5.89 Å². The number of hydrogen-bond donors (Lipinski definition) is 2. The molecule has 112 valence electrons. The van der Waals surface area contributed by atoms with Crippen LogP contribution in [0.25, 0.3) is 0 Å². The van der Waals surface area contributed by atoms with Gasteiger partial charge in [-0.3, -0.25) is 0 Å². The molecule has 0 spiro atoms. The third kappa shape index (κ3) is 4.75. The van der Waals surface area contributed by atoms with Crippen molar-refractivity contribution in [3.8, 4) is 0 Å². The van der Waals surface area contributed by atoms with Gasteiger partial charge in [-0.25, -0.2) is 4.99 Å². The molecule has 1 aromatic heterocycles. The fraction of sp³-hybridized carbons (Fsp3) is 0.357. The van der Waals surface area contributed by atoms with Crippen LogP contribution in [-0.2, 0) is 13.1 Å². The summed E-state index contributed by atoms with van der Waals surface area (Å²) in [4.78, 5) is 8.62. The normalized spacial score (nSPS) is 11.5. The molecule has 2 aromatic rings. The number of guanidine groups is 1. The fourth-order valence-electron chi connectivity index (χ4n) is 1.71. The number of aliphatic imine (C=N–C) groups is 1. The van der Waals surface area contributed by atoms with Crippen molar-refractivity contribution in [1.29, 1.82) is 0 Å². The summed E-state index contributed by atoms with van der Waals surface area (Å²) in [5, 5.41) is 10.9. The van der Waals surface area contributed by atoms with Gasteiger partial charge in [-0.2, -0.15) is 4.98 Å². The zero-order valence-corrected chi connectivity index (χ0v) is 12.8. The van der Waals surface area contributed by atoms with Crippen LogP contribution in [0, 0.1) is 6.92 Å². The van der Waals surface area contributed by atoms with Gasteiger partial charge < -0.3 is 15.2 Å². The van der Waals surface area contributed by atoms with E-state index in [0.29, 0.717) is 35.8 Å². The lowest BCUT2D eigenvalue weighted by Gasteiger charge is -2.10. The Hall–Kier alpha value is -2.08. The average Bonchev–Trinajstić information content (AvgIpc) is 2.89. The first kappa shape index (κ1) is 15.3. The van der Waals surface area contributed by atoms with E-state index in [2.05, 4.69) is 25.8 Å². The van der Waals surface area contributed by atoms with Crippen LogP contribution in [0.2, 0.25) is 5.02 Å². The van der Waals surface area contributed by atoms with Crippen LogP contribution in [0.1, 0.15) is 24.2 Å². The van der Waals surface area contributed by atoms with Gasteiger partial charge in [0.05, 0.1) is 13.1 Å². The molecule has 2 N–H and O–H groups in total. The molecule has 0 bridgehead atoms. The number of benzene rings is 1. The Bertz CT molecular complexity index is 611. The lowest BCUT2D eigenvalue weighted by molar-refractivity contribution is 0.387. The van der Waals surface area contributed by atoms with Crippen LogP contribution >= 0.6 is 11.6 Å². The highest BCUT2D eigenvalue weighted by Gasteiger charge is 2.04. The maximum Gasteiger partial charge on any atom is 0.223 e. The van der Waals surface area contributed by atoms with Crippen molar-refractivity contribution in [3.05, 3.63) is 46.6 Å². The predicted molar refractivity (Wildman–Crippen MR) is 82.1 cm³/mol. The van der Waals surface area contributed by atoms with Gasteiger partial charge in [0.15, 0.2) is 11.8 Å². The van der Waals surface area contributed by atoms with Crippen LogP contribution in [-0.4, -0.2) is 22.6 Å². The Morgan fingerprint density at radius 3 is 2.81 bits per heavy atom. The quantitative estimate of drug-likeness (QED) is 0.655. The molecule has 0 aliphatic heterocycles. The molecule has 0 fully saturated rings. The van der Waals surface area contributed by atoms with E-state index in [1.165, 1.54) is 0 Å². The standard InChI is InChI=1S/C14H18ClN5O/c1-3-16-14(18-9-13-19-10(2)21-20-13)17-8-11-6-4-5-7-12(11)15/h4-7H,3,8-9H2,1-2H3,(H2,16,17,18). The minimum atomic E-state index is 0.450. The molecule has 1 heterocycles. The summed E-state index contributed by atoms with van der Waals surface area (Å²) in [6.07, 6.45) is 0.